The maximum Gasteiger partial charge on any atom is 0.416 e. The van der Waals surface area contributed by atoms with E-state index in [1.807, 2.05) is 0 Å². The molecule has 0 fully saturated rings. The molecule has 5 nitrogen and oxygen atoms in total. The molecule has 0 atom stereocenters. The summed E-state index contributed by atoms with van der Waals surface area (Å²) in [5.41, 5.74) is 0. The molecule has 0 aromatic carbocycles. The SMILES string of the molecule is CCOC(=O)N(C)C(=NC)NC. The number of carbonyl (C=O) groups excluding carboxylic acids is 1. The van der Waals surface area contributed by atoms with Crippen LogP contribution in [0.15, 0.2) is 4.99 Å². The summed E-state index contributed by atoms with van der Waals surface area (Å²) in [5.74, 6) is 0.480. The Morgan fingerprint density at radius 3 is 2.58 bits per heavy atom. The van der Waals surface area contributed by atoms with Gasteiger partial charge in [-0.05, 0) is 6.92 Å². The summed E-state index contributed by atoms with van der Waals surface area (Å²) in [6.07, 6.45) is -0.410. The second-order valence-electron chi connectivity index (χ2n) is 2.06. The van der Waals surface area contributed by atoms with Crippen molar-refractivity contribution >= 4 is 12.1 Å². The molecule has 0 saturated carbocycles. The van der Waals surface area contributed by atoms with Crippen LogP contribution in [0.3, 0.4) is 0 Å². The summed E-state index contributed by atoms with van der Waals surface area (Å²) in [4.78, 5) is 16.2. The van der Waals surface area contributed by atoms with E-state index in [4.69, 9.17) is 4.74 Å². The lowest BCUT2D eigenvalue weighted by Crippen LogP contribution is -2.41. The molecule has 12 heavy (non-hydrogen) atoms. The number of ether oxygens (including phenoxy) is 1. The van der Waals surface area contributed by atoms with Crippen LogP contribution >= 0.6 is 0 Å². The molecule has 0 heterocycles. The van der Waals surface area contributed by atoms with E-state index in [9.17, 15) is 4.79 Å². The number of hydrogen-bond acceptors (Lipinski definition) is 3. The van der Waals surface area contributed by atoms with Crippen molar-refractivity contribution < 1.29 is 9.53 Å². The minimum atomic E-state index is -0.410. The molecule has 1 N–H and O–H groups in total. The predicted molar refractivity (Wildman–Crippen MR) is 47.2 cm³/mol. The normalized spacial score (nSPS) is 10.8. The smallest absolute Gasteiger partial charge is 0.416 e. The highest BCUT2D eigenvalue weighted by Crippen LogP contribution is 1.90. The van der Waals surface area contributed by atoms with Crippen LogP contribution in [-0.2, 0) is 4.74 Å². The van der Waals surface area contributed by atoms with Crippen LogP contribution in [0, 0.1) is 0 Å². The molecule has 0 unspecified atom stereocenters. The maximum atomic E-state index is 11.1. The van der Waals surface area contributed by atoms with Gasteiger partial charge in [-0.25, -0.2) is 4.79 Å². The van der Waals surface area contributed by atoms with Gasteiger partial charge in [0.2, 0.25) is 5.96 Å². The first kappa shape index (κ1) is 10.7. The molecule has 0 saturated heterocycles. The first-order valence-electron chi connectivity index (χ1n) is 3.72. The zero-order valence-corrected chi connectivity index (χ0v) is 7.92. The van der Waals surface area contributed by atoms with Crippen LogP contribution in [0.5, 0.6) is 0 Å². The molecule has 70 valence electrons. The Labute approximate surface area is 72.4 Å². The lowest BCUT2D eigenvalue weighted by Gasteiger charge is -2.17. The summed E-state index contributed by atoms with van der Waals surface area (Å²) in [7, 11) is 4.89. The average Bonchev–Trinajstić information content (AvgIpc) is 2.07. The van der Waals surface area contributed by atoms with E-state index in [2.05, 4.69) is 10.3 Å². The average molecular weight is 173 g/mol. The fraction of sp³-hybridized carbons (Fsp3) is 0.714. The van der Waals surface area contributed by atoms with Gasteiger partial charge >= 0.3 is 6.09 Å². The van der Waals surface area contributed by atoms with E-state index < -0.39 is 6.09 Å². The van der Waals surface area contributed by atoms with Crippen LogP contribution in [0.25, 0.3) is 0 Å². The standard InChI is InChI=1S/C7H15N3O2/c1-5-12-7(11)10(4)6(8-2)9-3/h5H2,1-4H3,(H,8,9). The highest BCUT2D eigenvalue weighted by Gasteiger charge is 2.13. The molecule has 0 spiro atoms. The van der Waals surface area contributed by atoms with Crippen molar-refractivity contribution in [2.45, 2.75) is 6.92 Å². The van der Waals surface area contributed by atoms with E-state index >= 15 is 0 Å². The van der Waals surface area contributed by atoms with E-state index in [1.54, 1.807) is 28.1 Å². The summed E-state index contributed by atoms with van der Waals surface area (Å²) in [5, 5.41) is 2.77. The molecular formula is C7H15N3O2. The van der Waals surface area contributed by atoms with Gasteiger partial charge in [0.25, 0.3) is 0 Å². The van der Waals surface area contributed by atoms with Crippen molar-refractivity contribution in [1.82, 2.24) is 10.2 Å². The molecule has 0 aromatic heterocycles. The largest absolute Gasteiger partial charge is 0.449 e. The molecule has 5 heteroatoms. The zero-order valence-electron chi connectivity index (χ0n) is 7.92. The monoisotopic (exact) mass is 173 g/mol. The number of carbonyl (C=O) groups is 1. The van der Waals surface area contributed by atoms with E-state index in [0.29, 0.717) is 12.6 Å². The summed E-state index contributed by atoms with van der Waals surface area (Å²) < 4.78 is 4.75. The molecule has 0 rings (SSSR count). The van der Waals surface area contributed by atoms with Crippen LogP contribution in [-0.4, -0.2) is 44.7 Å². The van der Waals surface area contributed by atoms with Crippen molar-refractivity contribution in [2.24, 2.45) is 4.99 Å². The first-order chi connectivity index (χ1) is 5.67. The lowest BCUT2D eigenvalue weighted by atomic mass is 10.7. The first-order valence-corrected chi connectivity index (χ1v) is 3.72. The van der Waals surface area contributed by atoms with Crippen molar-refractivity contribution in [3.63, 3.8) is 0 Å². The van der Waals surface area contributed by atoms with Crippen LogP contribution in [0.1, 0.15) is 6.92 Å². The Bertz CT molecular complexity index is 179. The molecule has 0 aliphatic heterocycles. The molecule has 0 bridgehead atoms. The second kappa shape index (κ2) is 5.40. The Kier molecular flexibility index (Phi) is 4.83. The predicted octanol–water partition coefficient (Wildman–Crippen LogP) is 0.280. The van der Waals surface area contributed by atoms with Crippen LogP contribution in [0.2, 0.25) is 0 Å². The van der Waals surface area contributed by atoms with Crippen molar-refractivity contribution in [3.05, 3.63) is 0 Å². The van der Waals surface area contributed by atoms with Crippen molar-refractivity contribution in [3.8, 4) is 0 Å². The molecular weight excluding hydrogens is 158 g/mol. The third kappa shape index (κ3) is 2.77. The summed E-state index contributed by atoms with van der Waals surface area (Å²) in [6.45, 7) is 2.12. The zero-order chi connectivity index (χ0) is 9.56. The van der Waals surface area contributed by atoms with Gasteiger partial charge in [-0.3, -0.25) is 9.89 Å². The molecule has 1 amide bonds. The van der Waals surface area contributed by atoms with Crippen LogP contribution in [0.4, 0.5) is 4.79 Å². The van der Waals surface area contributed by atoms with E-state index in [1.165, 1.54) is 4.90 Å². The lowest BCUT2D eigenvalue weighted by molar-refractivity contribution is 0.133. The van der Waals surface area contributed by atoms with Gasteiger partial charge in [0.05, 0.1) is 6.61 Å². The van der Waals surface area contributed by atoms with Gasteiger partial charge in [0, 0.05) is 21.1 Å². The van der Waals surface area contributed by atoms with E-state index in [0.717, 1.165) is 0 Å². The number of rotatable bonds is 1. The second-order valence-corrected chi connectivity index (χ2v) is 2.06. The number of nitrogens with zero attached hydrogens (tertiary/aromatic N) is 2. The van der Waals surface area contributed by atoms with Gasteiger partial charge in [0.1, 0.15) is 0 Å². The molecule has 0 radical (unpaired) electrons. The molecule has 0 aromatic rings. The highest BCUT2D eigenvalue weighted by molar-refractivity contribution is 5.93. The van der Waals surface area contributed by atoms with E-state index in [-0.39, 0.29) is 0 Å². The Hall–Kier alpha value is -1.26. The van der Waals surface area contributed by atoms with Gasteiger partial charge in [-0.1, -0.05) is 0 Å². The highest BCUT2D eigenvalue weighted by atomic mass is 16.6. The number of nitrogens with one attached hydrogen (secondary N) is 1. The third-order valence-electron chi connectivity index (χ3n) is 1.29. The van der Waals surface area contributed by atoms with Gasteiger partial charge in [-0.15, -0.1) is 0 Å². The molecule has 0 aliphatic rings. The Morgan fingerprint density at radius 2 is 2.25 bits per heavy atom. The number of hydrogen-bond donors (Lipinski definition) is 1. The van der Waals surface area contributed by atoms with Gasteiger partial charge in [0.15, 0.2) is 0 Å². The number of guanidine groups is 1. The minimum absolute atomic E-state index is 0.365. The summed E-state index contributed by atoms with van der Waals surface area (Å²) in [6, 6.07) is 0. The Balaban J connectivity index is 4.17. The summed E-state index contributed by atoms with van der Waals surface area (Å²) >= 11 is 0. The maximum absolute atomic E-state index is 11.1. The van der Waals surface area contributed by atoms with Gasteiger partial charge in [-0.2, -0.15) is 0 Å². The minimum Gasteiger partial charge on any atom is -0.449 e. The quantitative estimate of drug-likeness (QED) is 0.457. The Morgan fingerprint density at radius 1 is 1.67 bits per heavy atom. The van der Waals surface area contributed by atoms with Crippen LogP contribution < -0.4 is 5.32 Å². The van der Waals surface area contributed by atoms with Gasteiger partial charge < -0.3 is 10.1 Å². The fourth-order valence-electron chi connectivity index (χ4n) is 0.736. The van der Waals surface area contributed by atoms with Crippen molar-refractivity contribution in [2.75, 3.05) is 27.7 Å². The molecule has 0 aliphatic carbocycles. The number of aliphatic imine (C=N–C) groups is 1. The van der Waals surface area contributed by atoms with Crippen molar-refractivity contribution in [1.29, 1.82) is 0 Å². The third-order valence-corrected chi connectivity index (χ3v) is 1.29. The topological polar surface area (TPSA) is 53.9 Å². The fourth-order valence-corrected chi connectivity index (χ4v) is 0.736. The number of amides is 1.